The van der Waals surface area contributed by atoms with Gasteiger partial charge in [0.1, 0.15) is 0 Å². The number of hydrogen-bond acceptors (Lipinski definition) is 3. The van der Waals surface area contributed by atoms with Gasteiger partial charge in [0, 0.05) is 32.2 Å². The highest BCUT2D eigenvalue weighted by atomic mass is 16.2. The molecule has 2 unspecified atom stereocenters. The number of piperidine rings is 1. The minimum atomic E-state index is -0.206. The van der Waals surface area contributed by atoms with Gasteiger partial charge in [0.2, 0.25) is 11.8 Å². The fourth-order valence-electron chi connectivity index (χ4n) is 5.02. The zero-order chi connectivity index (χ0) is 21.8. The highest BCUT2D eigenvalue weighted by Gasteiger charge is 2.30. The average molecular weight is 420 g/mol. The van der Waals surface area contributed by atoms with E-state index in [2.05, 4.69) is 35.3 Å². The van der Waals surface area contributed by atoms with Crippen LogP contribution in [0.15, 0.2) is 48.5 Å². The van der Waals surface area contributed by atoms with Gasteiger partial charge in [-0.3, -0.25) is 14.5 Å². The van der Waals surface area contributed by atoms with Crippen molar-refractivity contribution in [3.63, 3.8) is 0 Å². The minimum Gasteiger partial charge on any atom is -0.335 e. The number of rotatable bonds is 5. The van der Waals surface area contributed by atoms with Crippen LogP contribution in [0.1, 0.15) is 55.8 Å². The van der Waals surface area contributed by atoms with E-state index < -0.39 is 0 Å². The van der Waals surface area contributed by atoms with Gasteiger partial charge in [0.25, 0.3) is 0 Å². The van der Waals surface area contributed by atoms with E-state index in [-0.39, 0.29) is 24.3 Å². The van der Waals surface area contributed by atoms with Crippen molar-refractivity contribution in [2.75, 3.05) is 25.0 Å². The van der Waals surface area contributed by atoms with Crippen LogP contribution in [-0.4, -0.2) is 41.2 Å². The van der Waals surface area contributed by atoms with E-state index in [0.717, 1.165) is 36.7 Å². The average Bonchev–Trinajstić information content (AvgIpc) is 2.75. The van der Waals surface area contributed by atoms with Gasteiger partial charge in [-0.05, 0) is 60.5 Å². The first-order valence-corrected chi connectivity index (χ1v) is 11.5. The molecule has 1 fully saturated rings. The summed E-state index contributed by atoms with van der Waals surface area (Å²) in [6.07, 6.45) is 3.71. The van der Waals surface area contributed by atoms with Crippen LogP contribution in [0.25, 0.3) is 0 Å². The maximum Gasteiger partial charge on any atom is 0.226 e. The molecule has 5 heteroatoms. The lowest BCUT2D eigenvalue weighted by Crippen LogP contribution is -2.40. The quantitative estimate of drug-likeness (QED) is 0.782. The lowest BCUT2D eigenvalue weighted by Gasteiger charge is -2.36. The van der Waals surface area contributed by atoms with E-state index in [4.69, 9.17) is 0 Å². The number of carbonyl (C=O) groups is 2. The maximum absolute atomic E-state index is 12.8. The van der Waals surface area contributed by atoms with Crippen LogP contribution < -0.4 is 5.32 Å². The SMILES string of the molecule is CC(=O)N1CCc2ccccc2C1CC(=O)Nc1ccc(CN2CCCC(C)C2)cc1. The summed E-state index contributed by atoms with van der Waals surface area (Å²) in [7, 11) is 0. The second kappa shape index (κ2) is 9.65. The molecule has 31 heavy (non-hydrogen) atoms. The molecule has 2 aliphatic rings. The fraction of sp³-hybridized carbons (Fsp3) is 0.462. The summed E-state index contributed by atoms with van der Waals surface area (Å²) >= 11 is 0. The Morgan fingerprint density at radius 2 is 1.84 bits per heavy atom. The van der Waals surface area contributed by atoms with Gasteiger partial charge >= 0.3 is 0 Å². The van der Waals surface area contributed by atoms with Crippen molar-refractivity contribution < 1.29 is 9.59 Å². The third-order valence-electron chi connectivity index (χ3n) is 6.58. The summed E-state index contributed by atoms with van der Waals surface area (Å²) in [5.74, 6) is 0.723. The lowest BCUT2D eigenvalue weighted by molar-refractivity contribution is -0.132. The van der Waals surface area contributed by atoms with Gasteiger partial charge in [-0.1, -0.05) is 43.3 Å². The van der Waals surface area contributed by atoms with E-state index in [0.29, 0.717) is 6.54 Å². The number of fused-ring (bicyclic) bond motifs is 1. The summed E-state index contributed by atoms with van der Waals surface area (Å²) in [5.41, 5.74) is 4.40. The van der Waals surface area contributed by atoms with E-state index >= 15 is 0 Å². The van der Waals surface area contributed by atoms with Gasteiger partial charge in [-0.25, -0.2) is 0 Å². The number of hydrogen-bond donors (Lipinski definition) is 1. The molecule has 2 amide bonds. The molecule has 2 aromatic carbocycles. The third-order valence-corrected chi connectivity index (χ3v) is 6.58. The summed E-state index contributed by atoms with van der Waals surface area (Å²) in [6.45, 7) is 7.86. The van der Waals surface area contributed by atoms with Crippen LogP contribution in [0.3, 0.4) is 0 Å². The Hall–Kier alpha value is -2.66. The molecule has 2 atom stereocenters. The Labute approximate surface area is 185 Å². The fourth-order valence-corrected chi connectivity index (χ4v) is 5.02. The summed E-state index contributed by atoms with van der Waals surface area (Å²) in [4.78, 5) is 29.3. The highest BCUT2D eigenvalue weighted by molar-refractivity contribution is 5.91. The Morgan fingerprint density at radius 1 is 1.06 bits per heavy atom. The molecular weight excluding hydrogens is 386 g/mol. The first-order chi connectivity index (χ1) is 15.0. The van der Waals surface area contributed by atoms with Crippen molar-refractivity contribution in [1.82, 2.24) is 9.80 Å². The molecule has 5 nitrogen and oxygen atoms in total. The van der Waals surface area contributed by atoms with E-state index in [1.807, 2.05) is 35.2 Å². The van der Waals surface area contributed by atoms with Crippen LogP contribution in [-0.2, 0) is 22.6 Å². The van der Waals surface area contributed by atoms with Gasteiger partial charge in [-0.15, -0.1) is 0 Å². The van der Waals surface area contributed by atoms with Gasteiger partial charge in [-0.2, -0.15) is 0 Å². The number of likely N-dealkylation sites (tertiary alicyclic amines) is 1. The molecule has 0 spiro atoms. The molecule has 0 radical (unpaired) electrons. The lowest BCUT2D eigenvalue weighted by atomic mass is 9.90. The zero-order valence-corrected chi connectivity index (χ0v) is 18.6. The molecule has 0 saturated carbocycles. The first kappa shape index (κ1) is 21.6. The molecule has 0 aliphatic carbocycles. The topological polar surface area (TPSA) is 52.7 Å². The highest BCUT2D eigenvalue weighted by Crippen LogP contribution is 2.32. The van der Waals surface area contributed by atoms with Crippen molar-refractivity contribution in [2.45, 2.75) is 52.1 Å². The number of benzene rings is 2. The molecule has 2 heterocycles. The standard InChI is InChI=1S/C26H33N3O2/c1-19-6-5-14-28(17-19)18-21-9-11-23(12-10-21)27-26(31)16-25-24-8-4-3-7-22(24)13-15-29(25)20(2)30/h3-4,7-12,19,25H,5-6,13-18H2,1-2H3,(H,27,31). The van der Waals surface area contributed by atoms with Crippen molar-refractivity contribution in [1.29, 1.82) is 0 Å². The summed E-state index contributed by atoms with van der Waals surface area (Å²) in [6, 6.07) is 16.1. The van der Waals surface area contributed by atoms with Gasteiger partial charge < -0.3 is 10.2 Å². The van der Waals surface area contributed by atoms with Gasteiger partial charge in [0.05, 0.1) is 12.5 Å². The van der Waals surface area contributed by atoms with Crippen molar-refractivity contribution in [3.05, 3.63) is 65.2 Å². The van der Waals surface area contributed by atoms with Crippen LogP contribution in [0.2, 0.25) is 0 Å². The minimum absolute atomic E-state index is 0.0173. The van der Waals surface area contributed by atoms with Crippen LogP contribution in [0, 0.1) is 5.92 Å². The van der Waals surface area contributed by atoms with Crippen LogP contribution >= 0.6 is 0 Å². The van der Waals surface area contributed by atoms with E-state index in [1.165, 1.54) is 30.5 Å². The summed E-state index contributed by atoms with van der Waals surface area (Å²) < 4.78 is 0. The molecule has 0 aromatic heterocycles. The third kappa shape index (κ3) is 5.34. The number of amides is 2. The predicted octanol–water partition coefficient (Wildman–Crippen LogP) is 4.39. The number of carbonyl (C=O) groups excluding carboxylic acids is 2. The molecule has 1 N–H and O–H groups in total. The zero-order valence-electron chi connectivity index (χ0n) is 18.6. The summed E-state index contributed by atoms with van der Waals surface area (Å²) in [5, 5.41) is 3.03. The molecule has 0 bridgehead atoms. The number of nitrogens with zero attached hydrogens (tertiary/aromatic N) is 2. The second-order valence-corrected chi connectivity index (χ2v) is 9.11. The van der Waals surface area contributed by atoms with Gasteiger partial charge in [0.15, 0.2) is 0 Å². The monoisotopic (exact) mass is 419 g/mol. The molecule has 2 aliphatic heterocycles. The first-order valence-electron chi connectivity index (χ1n) is 11.5. The normalized spacial score (nSPS) is 21.4. The van der Waals surface area contributed by atoms with Crippen molar-refractivity contribution >= 4 is 17.5 Å². The van der Waals surface area contributed by atoms with Crippen LogP contribution in [0.4, 0.5) is 5.69 Å². The Morgan fingerprint density at radius 3 is 2.58 bits per heavy atom. The number of anilines is 1. The predicted molar refractivity (Wildman–Crippen MR) is 124 cm³/mol. The Balaban J connectivity index is 1.38. The Bertz CT molecular complexity index is 925. The Kier molecular flexibility index (Phi) is 6.71. The maximum atomic E-state index is 12.8. The number of nitrogens with one attached hydrogen (secondary N) is 1. The molecule has 2 aromatic rings. The smallest absolute Gasteiger partial charge is 0.226 e. The molecule has 164 valence electrons. The largest absolute Gasteiger partial charge is 0.335 e. The van der Waals surface area contributed by atoms with E-state index in [9.17, 15) is 9.59 Å². The van der Waals surface area contributed by atoms with Crippen molar-refractivity contribution in [2.24, 2.45) is 5.92 Å². The van der Waals surface area contributed by atoms with E-state index in [1.54, 1.807) is 6.92 Å². The molecule has 1 saturated heterocycles. The molecular formula is C26H33N3O2. The second-order valence-electron chi connectivity index (χ2n) is 9.11. The van der Waals surface area contributed by atoms with Crippen LogP contribution in [0.5, 0.6) is 0 Å². The van der Waals surface area contributed by atoms with Crippen molar-refractivity contribution in [3.8, 4) is 0 Å². The molecule has 4 rings (SSSR count).